The highest BCUT2D eigenvalue weighted by atomic mass is 16.5. The van der Waals surface area contributed by atoms with Crippen molar-refractivity contribution in [3.8, 4) is 0 Å². The molecule has 0 spiro atoms. The van der Waals surface area contributed by atoms with Gasteiger partial charge in [-0.2, -0.15) is 0 Å². The van der Waals surface area contributed by atoms with Crippen molar-refractivity contribution >= 4 is 6.02 Å². The topological polar surface area (TPSA) is 33.6 Å². The van der Waals surface area contributed by atoms with E-state index < -0.39 is 0 Å². The number of ether oxygens (including phenoxy) is 1. The second-order valence-electron chi connectivity index (χ2n) is 1.98. The molecule has 0 saturated heterocycles. The number of amidine groups is 1. The van der Waals surface area contributed by atoms with E-state index in [1.807, 2.05) is 27.7 Å². The highest BCUT2D eigenvalue weighted by molar-refractivity contribution is 5.72. The molecule has 0 radical (unpaired) electrons. The van der Waals surface area contributed by atoms with Crippen LogP contribution in [0.15, 0.2) is 4.99 Å². The van der Waals surface area contributed by atoms with Crippen LogP contribution in [-0.2, 0) is 4.74 Å². The third-order valence-electron chi connectivity index (χ3n) is 1.15. The Morgan fingerprint density at radius 3 is 2.00 bits per heavy atom. The summed E-state index contributed by atoms with van der Waals surface area (Å²) in [5.41, 5.74) is 0. The predicted octanol–water partition coefficient (Wildman–Crippen LogP) is 3.06. The van der Waals surface area contributed by atoms with E-state index in [1.54, 1.807) is 14.1 Å². The lowest BCUT2D eigenvalue weighted by Gasteiger charge is -2.05. The summed E-state index contributed by atoms with van der Waals surface area (Å²) in [7, 11) is 3.51. The van der Waals surface area contributed by atoms with Crippen molar-refractivity contribution in [2.45, 2.75) is 47.5 Å². The van der Waals surface area contributed by atoms with E-state index in [4.69, 9.17) is 4.74 Å². The number of hydrogen-bond acceptors (Lipinski definition) is 2. The number of rotatable bonds is 3. The molecule has 3 nitrogen and oxygen atoms in total. The average Bonchev–Trinajstić information content (AvgIpc) is 2.30. The molecule has 14 heavy (non-hydrogen) atoms. The van der Waals surface area contributed by atoms with Crippen molar-refractivity contribution in [3.63, 3.8) is 0 Å². The van der Waals surface area contributed by atoms with Crippen LogP contribution >= 0.6 is 0 Å². The van der Waals surface area contributed by atoms with Crippen molar-refractivity contribution < 1.29 is 4.74 Å². The van der Waals surface area contributed by atoms with Gasteiger partial charge >= 0.3 is 0 Å². The van der Waals surface area contributed by atoms with Crippen LogP contribution in [0.5, 0.6) is 0 Å². The van der Waals surface area contributed by atoms with Gasteiger partial charge in [-0.25, -0.2) is 4.99 Å². The molecule has 3 heteroatoms. The average molecular weight is 204 g/mol. The predicted molar refractivity (Wildman–Crippen MR) is 66.0 cm³/mol. The summed E-state index contributed by atoms with van der Waals surface area (Å²) in [5, 5.41) is 2.84. The minimum Gasteiger partial charge on any atom is -0.465 e. The maximum atomic E-state index is 5.22. The van der Waals surface area contributed by atoms with E-state index >= 15 is 0 Å². The van der Waals surface area contributed by atoms with E-state index in [9.17, 15) is 0 Å². The Morgan fingerprint density at radius 1 is 1.21 bits per heavy atom. The fourth-order valence-corrected chi connectivity index (χ4v) is 0.562. The third-order valence-corrected chi connectivity index (χ3v) is 1.15. The first-order valence-corrected chi connectivity index (χ1v) is 5.62. The van der Waals surface area contributed by atoms with Crippen LogP contribution in [0.2, 0.25) is 0 Å². The highest BCUT2D eigenvalue weighted by Crippen LogP contribution is 1.87. The van der Waals surface area contributed by atoms with Gasteiger partial charge in [0, 0.05) is 14.1 Å². The van der Waals surface area contributed by atoms with Crippen molar-refractivity contribution in [1.82, 2.24) is 5.32 Å². The zero-order valence-electron chi connectivity index (χ0n) is 11.0. The van der Waals surface area contributed by atoms with Crippen molar-refractivity contribution in [1.29, 1.82) is 0 Å². The zero-order valence-corrected chi connectivity index (χ0v) is 11.0. The summed E-state index contributed by atoms with van der Waals surface area (Å²) < 4.78 is 5.22. The number of nitrogens with one attached hydrogen (secondary N) is 1. The molecule has 0 aromatic rings. The number of unbranched alkanes of at least 4 members (excludes halogenated alkanes) is 1. The number of aliphatic imine (C=N–C) groups is 1. The SMILES string of the molecule is CC.CC.CCCCOC(=NC)NC. The Balaban J connectivity index is -0.000000266. The molecule has 0 aliphatic carbocycles. The van der Waals surface area contributed by atoms with Gasteiger partial charge < -0.3 is 10.1 Å². The molecule has 1 N–H and O–H groups in total. The summed E-state index contributed by atoms with van der Waals surface area (Å²) in [4.78, 5) is 3.86. The van der Waals surface area contributed by atoms with Gasteiger partial charge in [-0.15, -0.1) is 0 Å². The molecule has 0 aromatic heterocycles. The standard InChI is InChI=1S/C7H16N2O.2C2H6/c1-4-5-6-10-7(8-2)9-3;2*1-2/h4-6H2,1-3H3,(H,8,9);2*1-2H3. The van der Waals surface area contributed by atoms with Gasteiger partial charge in [0.05, 0.1) is 6.61 Å². The lowest BCUT2D eigenvalue weighted by atomic mass is 10.4. The lowest BCUT2D eigenvalue weighted by molar-refractivity contribution is 0.284. The molecule has 0 aliphatic heterocycles. The van der Waals surface area contributed by atoms with Crippen molar-refractivity contribution in [3.05, 3.63) is 0 Å². The Kier molecular flexibility index (Phi) is 30.8. The maximum Gasteiger partial charge on any atom is 0.284 e. The molecule has 0 heterocycles. The molecule has 88 valence electrons. The molecule has 0 aromatic carbocycles. The van der Waals surface area contributed by atoms with E-state index in [2.05, 4.69) is 17.2 Å². The Labute approximate surface area is 90.0 Å². The van der Waals surface area contributed by atoms with Crippen LogP contribution in [0.1, 0.15) is 47.5 Å². The van der Waals surface area contributed by atoms with Gasteiger partial charge in [-0.1, -0.05) is 41.0 Å². The van der Waals surface area contributed by atoms with Crippen LogP contribution in [0.4, 0.5) is 0 Å². The first-order chi connectivity index (χ1) is 6.85. The second kappa shape index (κ2) is 22.8. The van der Waals surface area contributed by atoms with Crippen molar-refractivity contribution in [2.75, 3.05) is 20.7 Å². The number of hydrogen-bond donors (Lipinski definition) is 1. The quantitative estimate of drug-likeness (QED) is 0.435. The van der Waals surface area contributed by atoms with E-state index in [-0.39, 0.29) is 0 Å². The minimum atomic E-state index is 0.619. The maximum absolute atomic E-state index is 5.22. The molecule has 0 bridgehead atoms. The second-order valence-corrected chi connectivity index (χ2v) is 1.98. The molecule has 0 unspecified atom stereocenters. The smallest absolute Gasteiger partial charge is 0.284 e. The normalized spacial score (nSPS) is 8.93. The van der Waals surface area contributed by atoms with E-state index in [1.165, 1.54) is 0 Å². The summed E-state index contributed by atoms with van der Waals surface area (Å²) in [6, 6.07) is 0.619. The Morgan fingerprint density at radius 2 is 1.71 bits per heavy atom. The Bertz CT molecular complexity index is 103. The Hall–Kier alpha value is -0.730. The molecular weight excluding hydrogens is 176 g/mol. The van der Waals surface area contributed by atoms with E-state index in [0.29, 0.717) is 6.02 Å². The van der Waals surface area contributed by atoms with Crippen LogP contribution in [0, 0.1) is 0 Å². The van der Waals surface area contributed by atoms with E-state index in [0.717, 1.165) is 19.4 Å². The molecule has 0 fully saturated rings. The van der Waals surface area contributed by atoms with Crippen LogP contribution in [-0.4, -0.2) is 26.7 Å². The number of nitrogens with zero attached hydrogens (tertiary/aromatic N) is 1. The largest absolute Gasteiger partial charge is 0.465 e. The van der Waals surface area contributed by atoms with Crippen molar-refractivity contribution in [2.24, 2.45) is 4.99 Å². The summed E-state index contributed by atoms with van der Waals surface area (Å²) in [6.45, 7) is 10.9. The van der Waals surface area contributed by atoms with Crippen LogP contribution in [0.3, 0.4) is 0 Å². The fourth-order valence-electron chi connectivity index (χ4n) is 0.562. The zero-order chi connectivity index (χ0) is 11.8. The van der Waals surface area contributed by atoms with Gasteiger partial charge in [0.25, 0.3) is 6.02 Å². The third kappa shape index (κ3) is 17.4. The molecular formula is C11H28N2O. The first kappa shape index (κ1) is 18.9. The van der Waals surface area contributed by atoms with Crippen LogP contribution in [0.25, 0.3) is 0 Å². The van der Waals surface area contributed by atoms with Gasteiger partial charge in [0.15, 0.2) is 0 Å². The van der Waals surface area contributed by atoms with Gasteiger partial charge in [0.1, 0.15) is 0 Å². The van der Waals surface area contributed by atoms with Gasteiger partial charge in [-0.05, 0) is 6.42 Å². The molecule has 0 aliphatic rings. The fraction of sp³-hybridized carbons (Fsp3) is 0.909. The summed E-state index contributed by atoms with van der Waals surface area (Å²) in [5.74, 6) is 0. The van der Waals surface area contributed by atoms with Crippen LogP contribution < -0.4 is 5.32 Å². The minimum absolute atomic E-state index is 0.619. The molecule has 0 atom stereocenters. The lowest BCUT2D eigenvalue weighted by Crippen LogP contribution is -2.21. The summed E-state index contributed by atoms with van der Waals surface area (Å²) >= 11 is 0. The summed E-state index contributed by atoms with van der Waals surface area (Å²) in [6.07, 6.45) is 2.24. The highest BCUT2D eigenvalue weighted by Gasteiger charge is 1.91. The first-order valence-electron chi connectivity index (χ1n) is 5.62. The van der Waals surface area contributed by atoms with Gasteiger partial charge in [-0.3, -0.25) is 0 Å². The molecule has 0 saturated carbocycles. The monoisotopic (exact) mass is 204 g/mol. The molecule has 0 rings (SSSR count). The van der Waals surface area contributed by atoms with Gasteiger partial charge in [0.2, 0.25) is 0 Å². The molecule has 0 amide bonds.